The van der Waals surface area contributed by atoms with Gasteiger partial charge in [-0.1, -0.05) is 61.7 Å². The smallest absolute Gasteiger partial charge is 0.318 e. The van der Waals surface area contributed by atoms with E-state index in [4.69, 9.17) is 5.11 Å². The Bertz CT molecular complexity index is 321. The van der Waals surface area contributed by atoms with Gasteiger partial charge in [0.15, 0.2) is 0 Å². The maximum Gasteiger partial charge on any atom is 0.318 e. The fraction of sp³-hybridized carbons (Fsp3) is 0.300. The van der Waals surface area contributed by atoms with E-state index in [1.54, 1.807) is 0 Å². The molecule has 0 aromatic heterocycles. The van der Waals surface area contributed by atoms with Crippen LogP contribution in [0, 0.1) is 6.92 Å². The molecule has 2 unspecified atom stereocenters. The Balaban J connectivity index is 2.84. The normalized spacial score (nSPS) is 14.8. The van der Waals surface area contributed by atoms with E-state index < -0.39 is 10.8 Å². The van der Waals surface area contributed by atoms with Crippen molar-refractivity contribution in [2.24, 2.45) is 0 Å². The number of aryl methyl sites for hydroxylation is 1. The molecule has 0 radical (unpaired) electrons. The number of halogens is 2. The molecule has 0 bridgehead atoms. The van der Waals surface area contributed by atoms with Gasteiger partial charge in [-0.25, -0.2) is 0 Å². The van der Waals surface area contributed by atoms with Crippen LogP contribution in [0.1, 0.15) is 16.0 Å². The van der Waals surface area contributed by atoms with E-state index in [0.29, 0.717) is 0 Å². The number of hydrogen-bond donors (Lipinski definition) is 1. The monoisotopic (exact) mass is 320 g/mol. The van der Waals surface area contributed by atoms with Crippen LogP contribution in [0.5, 0.6) is 0 Å². The average Bonchev–Trinajstić information content (AvgIpc) is 2.16. The summed E-state index contributed by atoms with van der Waals surface area (Å²) in [5.41, 5.74) is 2.12. The number of alkyl halides is 2. The Kier molecular flexibility index (Phi) is 4.13. The lowest BCUT2D eigenvalue weighted by atomic mass is 10.1. The highest BCUT2D eigenvalue weighted by Gasteiger charge is 2.23. The number of aliphatic carboxylic acids is 1. The fourth-order valence-corrected chi connectivity index (χ4v) is 1.88. The quantitative estimate of drug-likeness (QED) is 0.867. The molecule has 2 atom stereocenters. The zero-order valence-corrected chi connectivity index (χ0v) is 10.7. The minimum Gasteiger partial charge on any atom is -0.480 e. The average molecular weight is 322 g/mol. The number of carbonyl (C=O) groups is 1. The van der Waals surface area contributed by atoms with Gasteiger partial charge in [-0.2, -0.15) is 0 Å². The Morgan fingerprint density at radius 2 is 1.79 bits per heavy atom. The van der Waals surface area contributed by atoms with E-state index in [1.807, 2.05) is 31.2 Å². The first-order chi connectivity index (χ1) is 6.52. The van der Waals surface area contributed by atoms with Gasteiger partial charge in [0.1, 0.15) is 4.83 Å². The number of rotatable bonds is 3. The van der Waals surface area contributed by atoms with Gasteiger partial charge in [-0.3, -0.25) is 4.79 Å². The minimum atomic E-state index is -0.868. The van der Waals surface area contributed by atoms with Gasteiger partial charge in [0.25, 0.3) is 0 Å². The molecular weight excluding hydrogens is 312 g/mol. The van der Waals surface area contributed by atoms with Crippen molar-refractivity contribution in [1.82, 2.24) is 0 Å². The maximum atomic E-state index is 10.7. The number of carboxylic acid groups (broad SMARTS) is 1. The first-order valence-corrected chi connectivity index (χ1v) is 5.93. The molecule has 0 amide bonds. The maximum absolute atomic E-state index is 10.7. The molecule has 0 saturated heterocycles. The number of benzene rings is 1. The Morgan fingerprint density at radius 1 is 1.29 bits per heavy atom. The van der Waals surface area contributed by atoms with E-state index in [0.717, 1.165) is 11.1 Å². The van der Waals surface area contributed by atoms with Crippen molar-refractivity contribution >= 4 is 37.8 Å². The molecule has 0 fully saturated rings. The van der Waals surface area contributed by atoms with Crippen molar-refractivity contribution in [3.05, 3.63) is 35.4 Å². The highest BCUT2D eigenvalue weighted by molar-refractivity contribution is 9.12. The Hall–Kier alpha value is -0.350. The molecule has 1 rings (SSSR count). The Morgan fingerprint density at radius 3 is 2.21 bits per heavy atom. The highest BCUT2D eigenvalue weighted by Crippen LogP contribution is 2.31. The van der Waals surface area contributed by atoms with Crippen LogP contribution in [0.3, 0.4) is 0 Å². The zero-order chi connectivity index (χ0) is 10.7. The van der Waals surface area contributed by atoms with Gasteiger partial charge in [0, 0.05) is 0 Å². The van der Waals surface area contributed by atoms with Crippen molar-refractivity contribution in [3.63, 3.8) is 0 Å². The molecule has 0 aliphatic heterocycles. The van der Waals surface area contributed by atoms with Gasteiger partial charge in [0.05, 0.1) is 4.83 Å². The van der Waals surface area contributed by atoms with Gasteiger partial charge >= 0.3 is 5.97 Å². The summed E-state index contributed by atoms with van der Waals surface area (Å²) >= 11 is 6.47. The lowest BCUT2D eigenvalue weighted by molar-refractivity contribution is -0.136. The second-order valence-corrected chi connectivity index (χ2v) is 5.03. The van der Waals surface area contributed by atoms with E-state index in [2.05, 4.69) is 31.9 Å². The van der Waals surface area contributed by atoms with Gasteiger partial charge in [-0.15, -0.1) is 0 Å². The molecule has 4 heteroatoms. The first-order valence-electron chi connectivity index (χ1n) is 4.10. The van der Waals surface area contributed by atoms with Crippen molar-refractivity contribution < 1.29 is 9.90 Å². The standard InChI is InChI=1S/C10H10Br2O2/c1-6-2-4-7(5-3-6)8(11)9(12)10(13)14/h2-5,8-9H,1H3,(H,13,14). The number of hydrogen-bond acceptors (Lipinski definition) is 1. The van der Waals surface area contributed by atoms with E-state index >= 15 is 0 Å². The van der Waals surface area contributed by atoms with Crippen LogP contribution in [0.15, 0.2) is 24.3 Å². The molecular formula is C10H10Br2O2. The third-order valence-corrected chi connectivity index (χ3v) is 4.58. The van der Waals surface area contributed by atoms with E-state index in [1.165, 1.54) is 0 Å². The third kappa shape index (κ3) is 2.82. The summed E-state index contributed by atoms with van der Waals surface area (Å²) < 4.78 is 0. The molecule has 0 aliphatic rings. The van der Waals surface area contributed by atoms with E-state index in [-0.39, 0.29) is 4.83 Å². The Labute approximate surface area is 99.6 Å². The van der Waals surface area contributed by atoms with Gasteiger partial charge in [0.2, 0.25) is 0 Å². The lowest BCUT2D eigenvalue weighted by Crippen LogP contribution is -2.17. The van der Waals surface area contributed by atoms with Crippen LogP contribution in [-0.4, -0.2) is 15.9 Å². The summed E-state index contributed by atoms with van der Waals surface area (Å²) in [6, 6.07) is 7.77. The second kappa shape index (κ2) is 4.94. The van der Waals surface area contributed by atoms with Gasteiger partial charge < -0.3 is 5.11 Å². The molecule has 0 saturated carbocycles. The topological polar surface area (TPSA) is 37.3 Å². The van der Waals surface area contributed by atoms with Crippen molar-refractivity contribution in [3.8, 4) is 0 Å². The predicted molar refractivity (Wildman–Crippen MR) is 63.2 cm³/mol. The van der Waals surface area contributed by atoms with Crippen molar-refractivity contribution in [2.75, 3.05) is 0 Å². The largest absolute Gasteiger partial charge is 0.480 e. The summed E-state index contributed by atoms with van der Waals surface area (Å²) in [6.45, 7) is 2.00. The fourth-order valence-electron chi connectivity index (χ4n) is 1.04. The summed E-state index contributed by atoms with van der Waals surface area (Å²) in [4.78, 5) is 9.89. The molecule has 1 aromatic rings. The summed E-state index contributed by atoms with van der Waals surface area (Å²) in [5, 5.41) is 8.79. The molecule has 2 nitrogen and oxygen atoms in total. The third-order valence-electron chi connectivity index (χ3n) is 1.89. The predicted octanol–water partition coefficient (Wildman–Crippen LogP) is 3.28. The molecule has 76 valence electrons. The molecule has 1 aromatic carbocycles. The minimum absolute atomic E-state index is 0.208. The molecule has 0 aliphatic carbocycles. The summed E-state index contributed by atoms with van der Waals surface area (Å²) in [5.74, 6) is -0.868. The van der Waals surface area contributed by atoms with Crippen LogP contribution in [-0.2, 0) is 4.79 Å². The highest BCUT2D eigenvalue weighted by atomic mass is 79.9. The summed E-state index contributed by atoms with van der Waals surface area (Å²) in [6.07, 6.45) is 0. The van der Waals surface area contributed by atoms with Crippen LogP contribution in [0.25, 0.3) is 0 Å². The second-order valence-electron chi connectivity index (χ2n) is 3.05. The van der Waals surface area contributed by atoms with Gasteiger partial charge in [-0.05, 0) is 12.5 Å². The van der Waals surface area contributed by atoms with E-state index in [9.17, 15) is 4.79 Å². The van der Waals surface area contributed by atoms with Crippen LogP contribution in [0.2, 0.25) is 0 Å². The lowest BCUT2D eigenvalue weighted by Gasteiger charge is -2.13. The molecule has 1 N–H and O–H groups in total. The summed E-state index contributed by atoms with van der Waals surface area (Å²) in [7, 11) is 0. The SMILES string of the molecule is Cc1ccc(C(Br)C(Br)C(=O)O)cc1. The molecule has 14 heavy (non-hydrogen) atoms. The van der Waals surface area contributed by atoms with Crippen molar-refractivity contribution in [1.29, 1.82) is 0 Å². The van der Waals surface area contributed by atoms with Crippen LogP contribution in [0.4, 0.5) is 0 Å². The first kappa shape index (κ1) is 11.7. The van der Waals surface area contributed by atoms with Crippen LogP contribution < -0.4 is 0 Å². The zero-order valence-electron chi connectivity index (χ0n) is 7.58. The molecule has 0 spiro atoms. The van der Waals surface area contributed by atoms with Crippen molar-refractivity contribution in [2.45, 2.75) is 16.6 Å². The van der Waals surface area contributed by atoms with Crippen LogP contribution >= 0.6 is 31.9 Å². The molecule has 0 heterocycles. The number of carboxylic acids is 1.